The van der Waals surface area contributed by atoms with E-state index < -0.39 is 0 Å². The minimum absolute atomic E-state index is 0.298. The van der Waals surface area contributed by atoms with Crippen LogP contribution in [0.2, 0.25) is 5.02 Å². The molecule has 0 bridgehead atoms. The lowest BCUT2D eigenvalue weighted by molar-refractivity contribution is 0.414. The smallest absolute Gasteiger partial charge is 0.280 e. The van der Waals surface area contributed by atoms with Gasteiger partial charge in [-0.15, -0.1) is 5.10 Å². The highest BCUT2D eigenvalue weighted by atomic mass is 35.5. The van der Waals surface area contributed by atoms with Crippen LogP contribution in [0.25, 0.3) is 28.7 Å². The minimum Gasteiger partial charge on any atom is -0.497 e. The Morgan fingerprint density at radius 2 is 1.85 bits per heavy atom. The zero-order chi connectivity index (χ0) is 18.1. The van der Waals surface area contributed by atoms with Gasteiger partial charge in [0.15, 0.2) is 5.69 Å². The van der Waals surface area contributed by atoms with E-state index in [9.17, 15) is 0 Å². The van der Waals surface area contributed by atoms with Crippen LogP contribution >= 0.6 is 11.6 Å². The second-order valence-corrected chi connectivity index (χ2v) is 5.95. The van der Waals surface area contributed by atoms with Crippen molar-refractivity contribution in [3.63, 3.8) is 0 Å². The summed E-state index contributed by atoms with van der Waals surface area (Å²) < 4.78 is 12.2. The summed E-state index contributed by atoms with van der Waals surface area (Å²) >= 11 is 6.24. The first-order chi connectivity index (χ1) is 12.7. The van der Waals surface area contributed by atoms with E-state index in [4.69, 9.17) is 20.9 Å². The first-order valence-corrected chi connectivity index (χ1v) is 8.21. The van der Waals surface area contributed by atoms with Gasteiger partial charge in [0.05, 0.1) is 23.5 Å². The highest BCUT2D eigenvalue weighted by Crippen LogP contribution is 2.27. The summed E-state index contributed by atoms with van der Waals surface area (Å²) in [5, 5.41) is 13.0. The zero-order valence-corrected chi connectivity index (χ0v) is 14.8. The molecule has 4 aromatic rings. The van der Waals surface area contributed by atoms with Gasteiger partial charge in [0.1, 0.15) is 5.75 Å². The van der Waals surface area contributed by atoms with Gasteiger partial charge in [-0.2, -0.15) is 4.98 Å². The fourth-order valence-electron chi connectivity index (χ4n) is 2.56. The molecule has 8 heteroatoms. The van der Waals surface area contributed by atoms with Crippen LogP contribution in [-0.2, 0) is 0 Å². The lowest BCUT2D eigenvalue weighted by Crippen LogP contribution is -1.99. The molecule has 0 aliphatic heterocycles. The molecule has 0 amide bonds. The van der Waals surface area contributed by atoms with Crippen LogP contribution in [0.1, 0.15) is 5.69 Å². The molecule has 0 N–H and O–H groups in total. The number of benzene rings is 2. The van der Waals surface area contributed by atoms with Gasteiger partial charge in [0.2, 0.25) is 5.82 Å². The SMILES string of the molecule is COc1ccc(-c2noc(-c3nnn(-c4ccccc4Cl)c3C)n2)cc1. The first-order valence-electron chi connectivity index (χ1n) is 7.83. The minimum atomic E-state index is 0.298. The molecule has 0 radical (unpaired) electrons. The zero-order valence-electron chi connectivity index (χ0n) is 14.0. The van der Waals surface area contributed by atoms with Crippen LogP contribution in [0.3, 0.4) is 0 Å². The van der Waals surface area contributed by atoms with Crippen molar-refractivity contribution in [3.8, 4) is 34.4 Å². The lowest BCUT2D eigenvalue weighted by atomic mass is 10.2. The topological polar surface area (TPSA) is 78.9 Å². The van der Waals surface area contributed by atoms with Gasteiger partial charge < -0.3 is 9.26 Å². The van der Waals surface area contributed by atoms with Crippen molar-refractivity contribution in [2.24, 2.45) is 0 Å². The van der Waals surface area contributed by atoms with E-state index in [0.717, 1.165) is 22.7 Å². The quantitative estimate of drug-likeness (QED) is 0.543. The monoisotopic (exact) mass is 367 g/mol. The summed E-state index contributed by atoms with van der Waals surface area (Å²) in [6, 6.07) is 14.8. The van der Waals surface area contributed by atoms with Crippen LogP contribution in [0.15, 0.2) is 53.1 Å². The third-order valence-corrected chi connectivity index (χ3v) is 4.27. The van der Waals surface area contributed by atoms with Gasteiger partial charge >= 0.3 is 0 Å². The number of para-hydroxylation sites is 1. The Kier molecular flexibility index (Phi) is 4.14. The first kappa shape index (κ1) is 16.3. The summed E-state index contributed by atoms with van der Waals surface area (Å²) in [4.78, 5) is 4.43. The molecule has 7 nitrogen and oxygen atoms in total. The molecule has 130 valence electrons. The van der Waals surface area contributed by atoms with Gasteiger partial charge in [-0.05, 0) is 43.3 Å². The van der Waals surface area contributed by atoms with Gasteiger partial charge in [0.25, 0.3) is 5.89 Å². The molecular weight excluding hydrogens is 354 g/mol. The maximum Gasteiger partial charge on any atom is 0.280 e. The molecule has 26 heavy (non-hydrogen) atoms. The van der Waals surface area contributed by atoms with E-state index in [2.05, 4.69) is 20.5 Å². The summed E-state index contributed by atoms with van der Waals surface area (Å²) in [5.74, 6) is 1.52. The lowest BCUT2D eigenvalue weighted by Gasteiger charge is -2.04. The number of ether oxygens (including phenoxy) is 1. The van der Waals surface area contributed by atoms with Gasteiger partial charge in [-0.3, -0.25) is 0 Å². The Balaban J connectivity index is 1.69. The maximum atomic E-state index is 6.24. The Morgan fingerprint density at radius 3 is 2.58 bits per heavy atom. The van der Waals surface area contributed by atoms with Crippen LogP contribution in [0.5, 0.6) is 5.75 Å². The number of nitrogens with zero attached hydrogens (tertiary/aromatic N) is 5. The van der Waals surface area contributed by atoms with Crippen LogP contribution in [0, 0.1) is 6.92 Å². The number of rotatable bonds is 4. The molecule has 0 saturated carbocycles. The molecule has 0 unspecified atom stereocenters. The van der Waals surface area contributed by atoms with E-state index in [-0.39, 0.29) is 0 Å². The van der Waals surface area contributed by atoms with Crippen LogP contribution in [0.4, 0.5) is 0 Å². The molecule has 4 rings (SSSR count). The fourth-order valence-corrected chi connectivity index (χ4v) is 2.77. The van der Waals surface area contributed by atoms with E-state index >= 15 is 0 Å². The summed E-state index contributed by atoms with van der Waals surface area (Å²) in [6.07, 6.45) is 0. The molecule has 0 fully saturated rings. The predicted molar refractivity (Wildman–Crippen MR) is 96.4 cm³/mol. The highest BCUT2D eigenvalue weighted by Gasteiger charge is 2.19. The molecule has 0 saturated heterocycles. The van der Waals surface area contributed by atoms with Crippen molar-refractivity contribution in [1.29, 1.82) is 0 Å². The normalized spacial score (nSPS) is 10.9. The molecule has 0 aliphatic rings. The predicted octanol–water partition coefficient (Wildman–Crippen LogP) is 3.95. The number of halogens is 1. The van der Waals surface area contributed by atoms with Crippen molar-refractivity contribution < 1.29 is 9.26 Å². The number of aromatic nitrogens is 5. The Hall–Kier alpha value is -3.19. The second kappa shape index (κ2) is 6.61. The average molecular weight is 368 g/mol. The third-order valence-electron chi connectivity index (χ3n) is 3.95. The third kappa shape index (κ3) is 2.82. The maximum absolute atomic E-state index is 6.24. The number of hydrogen-bond acceptors (Lipinski definition) is 6. The largest absolute Gasteiger partial charge is 0.497 e. The Labute approximate surface area is 154 Å². The Bertz CT molecular complexity index is 1060. The molecule has 2 aromatic carbocycles. The summed E-state index contributed by atoms with van der Waals surface area (Å²) in [7, 11) is 1.62. The van der Waals surface area contributed by atoms with E-state index in [1.807, 2.05) is 49.4 Å². The summed E-state index contributed by atoms with van der Waals surface area (Å²) in [6.45, 7) is 1.87. The average Bonchev–Trinajstić information content (AvgIpc) is 3.29. The fraction of sp³-hybridized carbons (Fsp3) is 0.111. The standard InChI is InChI=1S/C18H14ClN5O2/c1-11-16(21-23-24(11)15-6-4-3-5-14(15)19)18-20-17(22-26-18)12-7-9-13(25-2)10-8-12/h3-10H,1-2H3. The van der Waals surface area contributed by atoms with E-state index in [1.54, 1.807) is 17.9 Å². The molecule has 2 aromatic heterocycles. The van der Waals surface area contributed by atoms with E-state index in [0.29, 0.717) is 22.4 Å². The Morgan fingerprint density at radius 1 is 1.08 bits per heavy atom. The molecule has 0 atom stereocenters. The van der Waals surface area contributed by atoms with Crippen molar-refractivity contribution in [2.45, 2.75) is 6.92 Å². The van der Waals surface area contributed by atoms with Crippen molar-refractivity contribution in [1.82, 2.24) is 25.1 Å². The molecule has 0 spiro atoms. The van der Waals surface area contributed by atoms with Crippen molar-refractivity contribution in [2.75, 3.05) is 7.11 Å². The van der Waals surface area contributed by atoms with Gasteiger partial charge in [-0.25, -0.2) is 4.68 Å². The molecule has 2 heterocycles. The highest BCUT2D eigenvalue weighted by molar-refractivity contribution is 6.32. The van der Waals surface area contributed by atoms with Gasteiger partial charge in [-0.1, -0.05) is 34.1 Å². The van der Waals surface area contributed by atoms with Crippen LogP contribution in [-0.4, -0.2) is 32.2 Å². The molecular formula is C18H14ClN5O2. The van der Waals surface area contributed by atoms with E-state index in [1.165, 1.54) is 0 Å². The van der Waals surface area contributed by atoms with Crippen molar-refractivity contribution >= 4 is 11.6 Å². The van der Waals surface area contributed by atoms with Gasteiger partial charge in [0, 0.05) is 5.56 Å². The van der Waals surface area contributed by atoms with Crippen molar-refractivity contribution in [3.05, 3.63) is 59.2 Å². The molecule has 0 aliphatic carbocycles. The summed E-state index contributed by atoms with van der Waals surface area (Å²) in [5.41, 5.74) is 2.82. The number of methoxy groups -OCH3 is 1. The number of hydrogen-bond donors (Lipinski definition) is 0. The van der Waals surface area contributed by atoms with Crippen LogP contribution < -0.4 is 4.74 Å². The second-order valence-electron chi connectivity index (χ2n) is 5.54.